The standard InChI is InChI=1S/C10H7NO2/c1-7(10(12)13)9-4-2-8(6-11)3-5-9/h2-5H,1H2,(H,12,13). The topological polar surface area (TPSA) is 61.1 Å². The molecule has 1 N–H and O–H groups in total. The molecule has 0 aromatic heterocycles. The lowest BCUT2D eigenvalue weighted by Gasteiger charge is -1.98. The molecule has 0 aliphatic heterocycles. The van der Waals surface area contributed by atoms with E-state index in [0.717, 1.165) is 0 Å². The third-order valence-corrected chi connectivity index (χ3v) is 1.62. The van der Waals surface area contributed by atoms with Crippen LogP contribution in [0.5, 0.6) is 0 Å². The number of nitrogens with zero attached hydrogens (tertiary/aromatic N) is 1. The first kappa shape index (κ1) is 9.01. The summed E-state index contributed by atoms with van der Waals surface area (Å²) < 4.78 is 0. The Kier molecular flexibility index (Phi) is 2.46. The van der Waals surface area contributed by atoms with Gasteiger partial charge in [-0.15, -0.1) is 0 Å². The van der Waals surface area contributed by atoms with Gasteiger partial charge in [-0.1, -0.05) is 18.7 Å². The number of carboxylic acid groups (broad SMARTS) is 1. The third kappa shape index (κ3) is 1.94. The van der Waals surface area contributed by atoms with E-state index in [2.05, 4.69) is 6.58 Å². The Morgan fingerprint density at radius 1 is 1.38 bits per heavy atom. The molecule has 0 spiro atoms. The minimum absolute atomic E-state index is 0.0319. The second kappa shape index (κ2) is 3.55. The van der Waals surface area contributed by atoms with Crippen molar-refractivity contribution >= 4 is 11.5 Å². The van der Waals surface area contributed by atoms with E-state index in [4.69, 9.17) is 10.4 Å². The van der Waals surface area contributed by atoms with Crippen LogP contribution < -0.4 is 0 Å². The molecule has 0 amide bonds. The summed E-state index contributed by atoms with van der Waals surface area (Å²) in [4.78, 5) is 10.5. The SMILES string of the molecule is C=C(C(=O)O)c1ccc(C#N)cc1. The van der Waals surface area contributed by atoms with Crippen LogP contribution in [0, 0.1) is 11.3 Å². The molecule has 1 rings (SSSR count). The molecule has 0 heterocycles. The van der Waals surface area contributed by atoms with Gasteiger partial charge in [0.1, 0.15) is 0 Å². The van der Waals surface area contributed by atoms with Gasteiger partial charge in [0.15, 0.2) is 0 Å². The summed E-state index contributed by atoms with van der Waals surface area (Å²) in [6.45, 7) is 3.40. The summed E-state index contributed by atoms with van der Waals surface area (Å²) in [7, 11) is 0. The molecule has 0 aliphatic rings. The Morgan fingerprint density at radius 2 is 1.92 bits per heavy atom. The van der Waals surface area contributed by atoms with E-state index < -0.39 is 5.97 Å². The van der Waals surface area contributed by atoms with Crippen LogP contribution in [0.15, 0.2) is 30.8 Å². The maximum absolute atomic E-state index is 10.5. The van der Waals surface area contributed by atoms with Crippen LogP contribution in [0.3, 0.4) is 0 Å². The Morgan fingerprint density at radius 3 is 2.31 bits per heavy atom. The lowest BCUT2D eigenvalue weighted by molar-refractivity contribution is -0.130. The van der Waals surface area contributed by atoms with Crippen LogP contribution in [-0.2, 0) is 4.79 Å². The molecule has 0 unspecified atom stereocenters. The average molecular weight is 173 g/mol. The van der Waals surface area contributed by atoms with Gasteiger partial charge < -0.3 is 5.11 Å². The van der Waals surface area contributed by atoms with Gasteiger partial charge in [0.25, 0.3) is 0 Å². The average Bonchev–Trinajstić information content (AvgIpc) is 2.17. The van der Waals surface area contributed by atoms with E-state index in [9.17, 15) is 4.79 Å². The molecule has 0 atom stereocenters. The number of benzene rings is 1. The number of carbonyl (C=O) groups is 1. The van der Waals surface area contributed by atoms with Gasteiger partial charge in [-0.2, -0.15) is 5.26 Å². The predicted octanol–water partition coefficient (Wildman–Crippen LogP) is 1.66. The quantitative estimate of drug-likeness (QED) is 0.692. The molecule has 3 heteroatoms. The van der Waals surface area contributed by atoms with Crippen LogP contribution >= 0.6 is 0 Å². The van der Waals surface area contributed by atoms with Crippen molar-refractivity contribution in [2.75, 3.05) is 0 Å². The zero-order chi connectivity index (χ0) is 9.84. The third-order valence-electron chi connectivity index (χ3n) is 1.62. The summed E-state index contributed by atoms with van der Waals surface area (Å²) in [5, 5.41) is 17.1. The molecule has 0 saturated heterocycles. The van der Waals surface area contributed by atoms with Gasteiger partial charge in [-0.05, 0) is 17.7 Å². The molecular formula is C10H7NO2. The molecule has 0 radical (unpaired) electrons. The summed E-state index contributed by atoms with van der Waals surface area (Å²) in [5.74, 6) is -1.05. The normalized spacial score (nSPS) is 8.85. The highest BCUT2D eigenvalue weighted by atomic mass is 16.4. The van der Waals surface area contributed by atoms with Crippen molar-refractivity contribution in [2.24, 2.45) is 0 Å². The van der Waals surface area contributed by atoms with E-state index in [1.165, 1.54) is 0 Å². The van der Waals surface area contributed by atoms with Gasteiger partial charge >= 0.3 is 5.97 Å². The summed E-state index contributed by atoms with van der Waals surface area (Å²) in [5.41, 5.74) is 1.05. The number of nitriles is 1. The fraction of sp³-hybridized carbons (Fsp3) is 0. The number of carboxylic acids is 1. The minimum Gasteiger partial charge on any atom is -0.478 e. The molecule has 0 aliphatic carbocycles. The lowest BCUT2D eigenvalue weighted by Crippen LogP contribution is -1.97. The largest absolute Gasteiger partial charge is 0.478 e. The molecular weight excluding hydrogens is 166 g/mol. The van der Waals surface area contributed by atoms with Crippen molar-refractivity contribution in [3.8, 4) is 6.07 Å². The van der Waals surface area contributed by atoms with Crippen molar-refractivity contribution < 1.29 is 9.90 Å². The van der Waals surface area contributed by atoms with Crippen LogP contribution in [0.25, 0.3) is 5.57 Å². The monoisotopic (exact) mass is 173 g/mol. The predicted molar refractivity (Wildman–Crippen MR) is 47.8 cm³/mol. The summed E-state index contributed by atoms with van der Waals surface area (Å²) >= 11 is 0. The van der Waals surface area contributed by atoms with Crippen LogP contribution in [-0.4, -0.2) is 11.1 Å². The Labute approximate surface area is 75.5 Å². The van der Waals surface area contributed by atoms with Crippen molar-refractivity contribution in [2.45, 2.75) is 0 Å². The number of hydrogen-bond acceptors (Lipinski definition) is 2. The highest BCUT2D eigenvalue weighted by Crippen LogP contribution is 2.12. The van der Waals surface area contributed by atoms with Crippen LogP contribution in [0.1, 0.15) is 11.1 Å². The van der Waals surface area contributed by atoms with Crippen molar-refractivity contribution in [1.82, 2.24) is 0 Å². The maximum atomic E-state index is 10.5. The van der Waals surface area contributed by atoms with Gasteiger partial charge in [0.2, 0.25) is 0 Å². The summed E-state index contributed by atoms with van der Waals surface area (Å²) in [6, 6.07) is 8.19. The van der Waals surface area contributed by atoms with E-state index in [0.29, 0.717) is 11.1 Å². The second-order valence-corrected chi connectivity index (χ2v) is 2.47. The molecule has 0 saturated carbocycles. The number of aliphatic carboxylic acids is 1. The van der Waals surface area contributed by atoms with E-state index in [1.54, 1.807) is 24.3 Å². The van der Waals surface area contributed by atoms with Gasteiger partial charge in [-0.25, -0.2) is 4.79 Å². The van der Waals surface area contributed by atoms with E-state index in [1.807, 2.05) is 6.07 Å². The fourth-order valence-electron chi connectivity index (χ4n) is 0.869. The van der Waals surface area contributed by atoms with Gasteiger partial charge in [0, 0.05) is 0 Å². The smallest absolute Gasteiger partial charge is 0.335 e. The van der Waals surface area contributed by atoms with Crippen molar-refractivity contribution in [3.05, 3.63) is 42.0 Å². The maximum Gasteiger partial charge on any atom is 0.335 e. The minimum atomic E-state index is -1.05. The molecule has 64 valence electrons. The van der Waals surface area contributed by atoms with Crippen molar-refractivity contribution in [1.29, 1.82) is 5.26 Å². The molecule has 0 fully saturated rings. The molecule has 0 bridgehead atoms. The molecule has 1 aromatic carbocycles. The van der Waals surface area contributed by atoms with Crippen LogP contribution in [0.2, 0.25) is 0 Å². The Hall–Kier alpha value is -2.08. The number of rotatable bonds is 2. The van der Waals surface area contributed by atoms with E-state index in [-0.39, 0.29) is 5.57 Å². The Bertz CT molecular complexity index is 384. The molecule has 1 aromatic rings. The van der Waals surface area contributed by atoms with E-state index >= 15 is 0 Å². The number of hydrogen-bond donors (Lipinski definition) is 1. The Balaban J connectivity index is 3.01. The zero-order valence-electron chi connectivity index (χ0n) is 6.82. The van der Waals surface area contributed by atoms with Gasteiger partial charge in [0.05, 0.1) is 17.2 Å². The highest BCUT2D eigenvalue weighted by molar-refractivity contribution is 6.14. The van der Waals surface area contributed by atoms with Gasteiger partial charge in [-0.3, -0.25) is 0 Å². The molecule has 3 nitrogen and oxygen atoms in total. The zero-order valence-corrected chi connectivity index (χ0v) is 6.82. The molecule has 13 heavy (non-hydrogen) atoms. The lowest BCUT2D eigenvalue weighted by atomic mass is 10.1. The first-order chi connectivity index (χ1) is 6.15. The highest BCUT2D eigenvalue weighted by Gasteiger charge is 2.05. The first-order valence-electron chi connectivity index (χ1n) is 3.58. The van der Waals surface area contributed by atoms with Crippen LogP contribution in [0.4, 0.5) is 0 Å². The second-order valence-electron chi connectivity index (χ2n) is 2.47. The first-order valence-corrected chi connectivity index (χ1v) is 3.58. The van der Waals surface area contributed by atoms with Crippen molar-refractivity contribution in [3.63, 3.8) is 0 Å². The summed E-state index contributed by atoms with van der Waals surface area (Å²) in [6.07, 6.45) is 0. The fourth-order valence-corrected chi connectivity index (χ4v) is 0.869.